The molecule has 264 valence electrons. The van der Waals surface area contributed by atoms with Crippen LogP contribution in [-0.4, -0.2) is 150 Å². The van der Waals surface area contributed by atoms with Crippen molar-refractivity contribution in [3.8, 4) is 0 Å². The van der Waals surface area contributed by atoms with Crippen LogP contribution in [0, 0.1) is 0 Å². The van der Waals surface area contributed by atoms with Gasteiger partial charge in [-0.3, -0.25) is 33.6 Å². The highest BCUT2D eigenvalue weighted by Gasteiger charge is 2.15. The van der Waals surface area contributed by atoms with Gasteiger partial charge in [0, 0.05) is 85.2 Å². The summed E-state index contributed by atoms with van der Waals surface area (Å²) in [6.07, 6.45) is 1.92. The zero-order valence-electron chi connectivity index (χ0n) is 28.1. The monoisotopic (exact) mass is 659 g/mol. The molecule has 0 aromatic carbocycles. The van der Waals surface area contributed by atoms with Crippen molar-refractivity contribution in [2.45, 2.75) is 58.3 Å². The lowest BCUT2D eigenvalue weighted by molar-refractivity contribution is -0.142. The minimum Gasteiger partial charge on any atom is -0.469 e. The van der Waals surface area contributed by atoms with Gasteiger partial charge in [0.25, 0.3) is 0 Å². The van der Waals surface area contributed by atoms with Gasteiger partial charge in [0.15, 0.2) is 0 Å². The molecule has 0 aliphatic heterocycles. The van der Waals surface area contributed by atoms with Crippen LogP contribution in [0.1, 0.15) is 58.3 Å². The molecule has 2 N–H and O–H groups in total. The molecule has 16 heteroatoms. The summed E-state index contributed by atoms with van der Waals surface area (Å²) in [4.78, 5) is 88.1. The third-order valence-electron chi connectivity index (χ3n) is 7.05. The van der Waals surface area contributed by atoms with Crippen molar-refractivity contribution in [3.05, 3.63) is 0 Å². The van der Waals surface area contributed by atoms with Crippen molar-refractivity contribution >= 4 is 41.6 Å². The highest BCUT2D eigenvalue weighted by Crippen LogP contribution is 2.02. The first-order chi connectivity index (χ1) is 21.9. The average molecular weight is 660 g/mol. The van der Waals surface area contributed by atoms with Crippen molar-refractivity contribution in [2.24, 2.45) is 0 Å². The van der Waals surface area contributed by atoms with Crippen LogP contribution in [0.2, 0.25) is 0 Å². The highest BCUT2D eigenvalue weighted by molar-refractivity contribution is 5.77. The first-order valence-electron chi connectivity index (χ1n) is 15.5. The second kappa shape index (κ2) is 26.4. The van der Waals surface area contributed by atoms with E-state index < -0.39 is 0 Å². The van der Waals surface area contributed by atoms with Crippen molar-refractivity contribution in [3.63, 3.8) is 0 Å². The molecule has 0 unspecified atom stereocenters. The SMILES string of the molecule is COC(=O)CCN(CCNC(=O)CCCN(CCCC(=O)NCCN(CCC(=O)OC)CCC(=O)OC)C(C)=O)CCC(=O)OC. The Balaban J connectivity index is 4.45. The molecule has 3 amide bonds. The summed E-state index contributed by atoms with van der Waals surface area (Å²) in [7, 11) is 5.22. The second-order valence-corrected chi connectivity index (χ2v) is 10.4. The van der Waals surface area contributed by atoms with E-state index in [1.807, 2.05) is 9.80 Å². The molecule has 16 nitrogen and oxygen atoms in total. The lowest BCUT2D eigenvalue weighted by Crippen LogP contribution is -2.38. The quantitative estimate of drug-likeness (QED) is 0.0892. The van der Waals surface area contributed by atoms with Gasteiger partial charge in [-0.25, -0.2) is 0 Å². The Morgan fingerprint density at radius 3 is 1.02 bits per heavy atom. The van der Waals surface area contributed by atoms with E-state index in [1.54, 1.807) is 4.90 Å². The topological polar surface area (TPSA) is 190 Å². The Kier molecular flexibility index (Phi) is 24.3. The van der Waals surface area contributed by atoms with Gasteiger partial charge in [-0.2, -0.15) is 0 Å². The molecule has 0 heterocycles. The van der Waals surface area contributed by atoms with E-state index in [-0.39, 0.29) is 80.1 Å². The fourth-order valence-corrected chi connectivity index (χ4v) is 4.25. The van der Waals surface area contributed by atoms with E-state index in [0.29, 0.717) is 78.3 Å². The largest absolute Gasteiger partial charge is 0.469 e. The Labute approximate surface area is 271 Å². The molecular weight excluding hydrogens is 606 g/mol. The molecule has 0 aromatic rings. The summed E-state index contributed by atoms with van der Waals surface area (Å²) in [5.74, 6) is -1.99. The van der Waals surface area contributed by atoms with E-state index in [4.69, 9.17) is 0 Å². The van der Waals surface area contributed by atoms with Gasteiger partial charge < -0.3 is 44.3 Å². The third-order valence-corrected chi connectivity index (χ3v) is 7.05. The molecule has 0 saturated carbocycles. The van der Waals surface area contributed by atoms with Crippen molar-refractivity contribution in [1.29, 1.82) is 0 Å². The first-order valence-corrected chi connectivity index (χ1v) is 15.5. The Morgan fingerprint density at radius 2 is 0.761 bits per heavy atom. The van der Waals surface area contributed by atoms with Crippen LogP contribution in [-0.2, 0) is 52.5 Å². The van der Waals surface area contributed by atoms with Gasteiger partial charge in [0.05, 0.1) is 54.1 Å². The van der Waals surface area contributed by atoms with E-state index in [9.17, 15) is 33.6 Å². The maximum absolute atomic E-state index is 12.3. The number of carbonyl (C=O) groups excluding carboxylic acids is 7. The number of hydrogen-bond donors (Lipinski definition) is 2. The standard InChI is InChI=1S/C30H53N5O11/c1-24(36)35(16-6-8-25(37)31-14-22-33(18-10-27(39)43-2)19-11-28(40)44-3)17-7-9-26(38)32-15-23-34(20-12-29(41)45-4)21-13-30(42)46-5/h6-23H2,1-5H3,(H,31,37)(H,32,38). The molecule has 0 aromatic heterocycles. The predicted molar refractivity (Wildman–Crippen MR) is 166 cm³/mol. The van der Waals surface area contributed by atoms with Gasteiger partial charge in [-0.1, -0.05) is 0 Å². The number of esters is 4. The number of nitrogens with one attached hydrogen (secondary N) is 2. The van der Waals surface area contributed by atoms with Crippen LogP contribution in [0.15, 0.2) is 0 Å². The summed E-state index contributed by atoms with van der Waals surface area (Å²) in [6, 6.07) is 0. The van der Waals surface area contributed by atoms with Crippen molar-refractivity contribution < 1.29 is 52.5 Å². The van der Waals surface area contributed by atoms with Gasteiger partial charge in [-0.05, 0) is 12.8 Å². The zero-order valence-corrected chi connectivity index (χ0v) is 28.1. The number of amides is 3. The van der Waals surface area contributed by atoms with Crippen LogP contribution < -0.4 is 10.6 Å². The predicted octanol–water partition coefficient (Wildman–Crippen LogP) is -0.516. The molecule has 46 heavy (non-hydrogen) atoms. The lowest BCUT2D eigenvalue weighted by Gasteiger charge is -2.22. The normalized spacial score (nSPS) is 10.7. The highest BCUT2D eigenvalue weighted by atomic mass is 16.5. The smallest absolute Gasteiger partial charge is 0.306 e. The molecule has 0 atom stereocenters. The Bertz CT molecular complexity index is 856. The van der Waals surface area contributed by atoms with E-state index >= 15 is 0 Å². The van der Waals surface area contributed by atoms with E-state index in [0.717, 1.165) is 0 Å². The van der Waals surface area contributed by atoms with Gasteiger partial charge >= 0.3 is 23.9 Å². The third kappa shape index (κ3) is 22.7. The van der Waals surface area contributed by atoms with Gasteiger partial charge in [-0.15, -0.1) is 0 Å². The molecule has 0 aliphatic rings. The maximum Gasteiger partial charge on any atom is 0.306 e. The van der Waals surface area contributed by atoms with Crippen molar-refractivity contribution in [1.82, 2.24) is 25.3 Å². The fourth-order valence-electron chi connectivity index (χ4n) is 4.25. The van der Waals surface area contributed by atoms with Crippen LogP contribution in [0.25, 0.3) is 0 Å². The number of ether oxygens (including phenoxy) is 4. The number of hydrogen-bond acceptors (Lipinski definition) is 13. The number of rotatable bonds is 26. The van der Waals surface area contributed by atoms with Crippen molar-refractivity contribution in [2.75, 3.05) is 93.9 Å². The van der Waals surface area contributed by atoms with E-state index in [2.05, 4.69) is 29.6 Å². The van der Waals surface area contributed by atoms with Gasteiger partial charge in [0.1, 0.15) is 0 Å². The summed E-state index contributed by atoms with van der Waals surface area (Å²) in [5, 5.41) is 5.64. The van der Waals surface area contributed by atoms with Crippen LogP contribution in [0.3, 0.4) is 0 Å². The minimum atomic E-state index is -0.368. The number of carbonyl (C=O) groups is 7. The molecule has 0 radical (unpaired) electrons. The number of nitrogens with zero attached hydrogens (tertiary/aromatic N) is 3. The second-order valence-electron chi connectivity index (χ2n) is 10.4. The summed E-state index contributed by atoms with van der Waals surface area (Å²) in [5.41, 5.74) is 0. The van der Waals surface area contributed by atoms with Crippen LogP contribution in [0.5, 0.6) is 0 Å². The van der Waals surface area contributed by atoms with E-state index in [1.165, 1.54) is 35.4 Å². The first kappa shape index (κ1) is 42.2. The maximum atomic E-state index is 12.3. The molecule has 0 rings (SSSR count). The molecule has 0 spiro atoms. The molecule has 0 bridgehead atoms. The van der Waals surface area contributed by atoms with Crippen LogP contribution >= 0.6 is 0 Å². The summed E-state index contributed by atoms with van der Waals surface area (Å²) in [6.45, 7) is 5.16. The molecule has 0 fully saturated rings. The fraction of sp³-hybridized carbons (Fsp3) is 0.767. The van der Waals surface area contributed by atoms with Gasteiger partial charge in [0.2, 0.25) is 17.7 Å². The summed E-state index contributed by atoms with van der Waals surface area (Å²) >= 11 is 0. The molecule has 0 aliphatic carbocycles. The minimum absolute atomic E-state index is 0.153. The average Bonchev–Trinajstić information content (AvgIpc) is 3.04. The Hall–Kier alpha value is -3.79. The summed E-state index contributed by atoms with van der Waals surface area (Å²) < 4.78 is 18.7. The Morgan fingerprint density at radius 1 is 0.457 bits per heavy atom. The van der Waals surface area contributed by atoms with Crippen LogP contribution in [0.4, 0.5) is 0 Å². The lowest BCUT2D eigenvalue weighted by atomic mass is 10.2. The zero-order chi connectivity index (χ0) is 34.7. The number of methoxy groups -OCH3 is 4. The molecular formula is C30H53N5O11. The molecule has 0 saturated heterocycles.